The van der Waals surface area contributed by atoms with E-state index in [1.165, 1.54) is 12.1 Å². The summed E-state index contributed by atoms with van der Waals surface area (Å²) in [6.07, 6.45) is -13.1. The van der Waals surface area contributed by atoms with Gasteiger partial charge in [-0.15, -0.1) is 0 Å². The molecule has 176 valence electrons. The fraction of sp³-hybridized carbons (Fsp3) is 0.550. The molecule has 0 radical (unpaired) electrons. The molecule has 9 atom stereocenters. The fourth-order valence-electron chi connectivity index (χ4n) is 3.52. The highest BCUT2D eigenvalue weighted by Gasteiger charge is 2.46. The predicted octanol–water partition coefficient (Wildman–Crippen LogP) is -2.56. The number of aliphatic hydroxyl groups is 6. The zero-order chi connectivity index (χ0) is 23.0. The minimum Gasteiger partial charge on any atom is -0.462 e. The van der Waals surface area contributed by atoms with Crippen LogP contribution in [0.2, 0.25) is 0 Å². The maximum Gasteiger partial charge on any atom is 0.336 e. The van der Waals surface area contributed by atoms with Crippen LogP contribution in [-0.4, -0.2) is 99.2 Å². The summed E-state index contributed by atoms with van der Waals surface area (Å²) in [5, 5.41) is 60.5. The Balaban J connectivity index is 1.43. The smallest absolute Gasteiger partial charge is 0.336 e. The molecule has 0 bridgehead atoms. The Morgan fingerprint density at radius 1 is 0.875 bits per heavy atom. The minimum atomic E-state index is -1.65. The summed E-state index contributed by atoms with van der Waals surface area (Å²) in [6, 6.07) is 7.42. The quantitative estimate of drug-likeness (QED) is 0.259. The monoisotopic (exact) mass is 456 g/mol. The molecular formula is C20H24O12. The van der Waals surface area contributed by atoms with Crippen LogP contribution in [0.1, 0.15) is 0 Å². The Morgan fingerprint density at radius 3 is 2.38 bits per heavy atom. The second-order valence-corrected chi connectivity index (χ2v) is 7.67. The fourth-order valence-corrected chi connectivity index (χ4v) is 3.52. The van der Waals surface area contributed by atoms with E-state index in [1.54, 1.807) is 18.2 Å². The first-order chi connectivity index (χ1) is 15.2. The van der Waals surface area contributed by atoms with E-state index in [2.05, 4.69) is 0 Å². The van der Waals surface area contributed by atoms with E-state index in [0.29, 0.717) is 5.39 Å². The van der Waals surface area contributed by atoms with Crippen molar-refractivity contribution in [2.75, 3.05) is 13.2 Å². The largest absolute Gasteiger partial charge is 0.462 e. The number of hydrogen-bond donors (Lipinski definition) is 6. The molecule has 12 heteroatoms. The second-order valence-electron chi connectivity index (χ2n) is 7.67. The Bertz CT molecular complexity index is 978. The highest BCUT2D eigenvalue weighted by molar-refractivity contribution is 5.77. The third kappa shape index (κ3) is 4.64. The molecule has 3 heterocycles. The number of hydrogen-bond acceptors (Lipinski definition) is 12. The first-order valence-corrected chi connectivity index (χ1v) is 9.92. The van der Waals surface area contributed by atoms with E-state index in [0.717, 1.165) is 0 Å². The Morgan fingerprint density at radius 2 is 1.59 bits per heavy atom. The maximum absolute atomic E-state index is 11.4. The summed E-state index contributed by atoms with van der Waals surface area (Å²) >= 11 is 0. The molecule has 2 fully saturated rings. The number of rotatable bonds is 5. The van der Waals surface area contributed by atoms with Crippen molar-refractivity contribution in [2.45, 2.75) is 55.3 Å². The molecule has 1 aromatic heterocycles. The molecule has 0 saturated carbocycles. The van der Waals surface area contributed by atoms with Gasteiger partial charge in [0.05, 0.1) is 13.2 Å². The van der Waals surface area contributed by atoms with E-state index in [1.807, 2.05) is 0 Å². The number of ether oxygens (including phenoxy) is 4. The molecule has 0 aliphatic carbocycles. The van der Waals surface area contributed by atoms with Crippen LogP contribution in [0, 0.1) is 0 Å². The molecule has 4 rings (SSSR count). The van der Waals surface area contributed by atoms with E-state index < -0.39 is 67.5 Å². The van der Waals surface area contributed by atoms with Gasteiger partial charge in [-0.3, -0.25) is 0 Å². The van der Waals surface area contributed by atoms with Crippen LogP contribution in [0.5, 0.6) is 5.75 Å². The highest BCUT2D eigenvalue weighted by Crippen LogP contribution is 2.27. The van der Waals surface area contributed by atoms with Crippen molar-refractivity contribution < 1.29 is 54.0 Å². The lowest BCUT2D eigenvalue weighted by atomic mass is 9.99. The summed E-state index contributed by atoms with van der Waals surface area (Å²) < 4.78 is 26.7. The standard InChI is InChI=1S/C20H24O12/c21-10-6-28-19(17(26)14(10)23)29-7-12-15(24)16(25)18(27)20(32-12)30-9-3-1-8-2-4-13(22)31-11(8)5-9/h1-5,10,12,14-21,23-27H,6-7H2. The van der Waals surface area contributed by atoms with Gasteiger partial charge in [-0.05, 0) is 18.2 Å². The molecule has 12 nitrogen and oxygen atoms in total. The van der Waals surface area contributed by atoms with E-state index >= 15 is 0 Å². The van der Waals surface area contributed by atoms with Crippen LogP contribution in [-0.2, 0) is 14.2 Å². The normalized spacial score (nSPS) is 38.0. The molecule has 32 heavy (non-hydrogen) atoms. The van der Waals surface area contributed by atoms with Gasteiger partial charge in [-0.1, -0.05) is 0 Å². The minimum absolute atomic E-state index is 0.169. The van der Waals surface area contributed by atoms with E-state index in [4.69, 9.17) is 23.4 Å². The third-order valence-electron chi connectivity index (χ3n) is 5.39. The van der Waals surface area contributed by atoms with Crippen LogP contribution >= 0.6 is 0 Å². The first-order valence-electron chi connectivity index (χ1n) is 9.92. The third-order valence-corrected chi connectivity index (χ3v) is 5.39. The van der Waals surface area contributed by atoms with Crippen molar-refractivity contribution >= 4 is 11.0 Å². The van der Waals surface area contributed by atoms with Crippen molar-refractivity contribution in [1.29, 1.82) is 0 Å². The summed E-state index contributed by atoms with van der Waals surface area (Å²) in [5.74, 6) is 0.169. The zero-order valence-electron chi connectivity index (χ0n) is 16.6. The van der Waals surface area contributed by atoms with Crippen molar-refractivity contribution in [2.24, 2.45) is 0 Å². The SMILES string of the molecule is O=c1ccc2ccc(OC3OC(COC4OCC(O)C(O)C4O)C(O)C(O)C3O)cc2o1. The van der Waals surface area contributed by atoms with Gasteiger partial charge in [0.1, 0.15) is 54.1 Å². The maximum atomic E-state index is 11.4. The van der Waals surface area contributed by atoms with Crippen LogP contribution in [0.4, 0.5) is 0 Å². The first kappa shape index (κ1) is 23.0. The Kier molecular flexibility index (Phi) is 6.76. The van der Waals surface area contributed by atoms with Crippen LogP contribution < -0.4 is 10.4 Å². The van der Waals surface area contributed by atoms with E-state index in [9.17, 15) is 35.4 Å². The van der Waals surface area contributed by atoms with Crippen molar-refractivity contribution in [3.05, 3.63) is 40.8 Å². The van der Waals surface area contributed by atoms with Gasteiger partial charge >= 0.3 is 5.63 Å². The zero-order valence-corrected chi connectivity index (χ0v) is 16.6. The molecule has 2 aliphatic heterocycles. The predicted molar refractivity (Wildman–Crippen MR) is 104 cm³/mol. The molecule has 0 spiro atoms. The van der Waals surface area contributed by atoms with Gasteiger partial charge in [0.25, 0.3) is 0 Å². The lowest BCUT2D eigenvalue weighted by Gasteiger charge is -2.41. The summed E-state index contributed by atoms with van der Waals surface area (Å²) in [5.41, 5.74) is -0.311. The van der Waals surface area contributed by atoms with Crippen LogP contribution in [0.3, 0.4) is 0 Å². The van der Waals surface area contributed by atoms with Gasteiger partial charge < -0.3 is 54.0 Å². The van der Waals surface area contributed by atoms with Gasteiger partial charge in [0.15, 0.2) is 6.29 Å². The average molecular weight is 456 g/mol. The Hall–Kier alpha value is -2.13. The number of fused-ring (bicyclic) bond motifs is 1. The lowest BCUT2D eigenvalue weighted by Crippen LogP contribution is -2.61. The van der Waals surface area contributed by atoms with Crippen molar-refractivity contribution in [3.8, 4) is 5.75 Å². The highest BCUT2D eigenvalue weighted by atomic mass is 16.7. The van der Waals surface area contributed by atoms with Crippen molar-refractivity contribution in [1.82, 2.24) is 0 Å². The van der Waals surface area contributed by atoms with Gasteiger partial charge in [0.2, 0.25) is 6.29 Å². The molecule has 2 aliphatic rings. The van der Waals surface area contributed by atoms with Gasteiger partial charge in [-0.2, -0.15) is 0 Å². The summed E-state index contributed by atoms with van der Waals surface area (Å²) in [6.45, 7) is -0.677. The van der Waals surface area contributed by atoms with Gasteiger partial charge in [0, 0.05) is 17.5 Å². The lowest BCUT2D eigenvalue weighted by molar-refractivity contribution is -0.307. The summed E-state index contributed by atoms with van der Waals surface area (Å²) in [4.78, 5) is 11.4. The summed E-state index contributed by atoms with van der Waals surface area (Å²) in [7, 11) is 0. The van der Waals surface area contributed by atoms with Gasteiger partial charge in [-0.25, -0.2) is 4.79 Å². The molecule has 2 aromatic rings. The molecule has 9 unspecified atom stereocenters. The molecule has 6 N–H and O–H groups in total. The molecule has 0 amide bonds. The average Bonchev–Trinajstić information content (AvgIpc) is 2.78. The number of aliphatic hydroxyl groups excluding tert-OH is 6. The van der Waals surface area contributed by atoms with Crippen molar-refractivity contribution in [3.63, 3.8) is 0 Å². The molecule has 2 saturated heterocycles. The topological polar surface area (TPSA) is 189 Å². The molecular weight excluding hydrogens is 432 g/mol. The second kappa shape index (κ2) is 9.39. The Labute approximate surface area is 180 Å². The van der Waals surface area contributed by atoms with Crippen LogP contribution in [0.15, 0.2) is 39.5 Å². The van der Waals surface area contributed by atoms with E-state index in [-0.39, 0.29) is 17.9 Å². The number of benzene rings is 1. The molecule has 1 aromatic carbocycles. The van der Waals surface area contributed by atoms with Crippen LogP contribution in [0.25, 0.3) is 11.0 Å².